The predicted molar refractivity (Wildman–Crippen MR) is 105 cm³/mol. The fraction of sp³-hybridized carbons (Fsp3) is 0.318. The lowest BCUT2D eigenvalue weighted by Crippen LogP contribution is -2.37. The molecule has 0 bridgehead atoms. The van der Waals surface area contributed by atoms with Gasteiger partial charge in [0.15, 0.2) is 5.82 Å². The lowest BCUT2D eigenvalue weighted by molar-refractivity contribution is 0.0915. The second kappa shape index (κ2) is 6.86. The molecule has 0 saturated heterocycles. The number of pyridine rings is 1. The van der Waals surface area contributed by atoms with E-state index in [0.717, 1.165) is 35.6 Å². The van der Waals surface area contributed by atoms with Gasteiger partial charge in [-0.1, -0.05) is 32.0 Å². The maximum Gasteiger partial charge on any atom is 0.254 e. The van der Waals surface area contributed by atoms with E-state index in [0.29, 0.717) is 0 Å². The minimum absolute atomic E-state index is 0.0425. The Balaban J connectivity index is 1.74. The number of hydrogen-bond donors (Lipinski definition) is 1. The van der Waals surface area contributed by atoms with Crippen molar-refractivity contribution in [2.24, 2.45) is 5.41 Å². The van der Waals surface area contributed by atoms with Crippen molar-refractivity contribution in [3.05, 3.63) is 77.0 Å². The van der Waals surface area contributed by atoms with Crippen LogP contribution in [-0.4, -0.2) is 20.7 Å². The lowest BCUT2D eigenvalue weighted by atomic mass is 9.73. The van der Waals surface area contributed by atoms with Crippen LogP contribution in [-0.2, 0) is 6.42 Å². The maximum atomic E-state index is 14.1. The quantitative estimate of drug-likeness (QED) is 0.745. The predicted octanol–water partition coefficient (Wildman–Crippen LogP) is 4.16. The second-order valence-electron chi connectivity index (χ2n) is 8.10. The van der Waals surface area contributed by atoms with Crippen molar-refractivity contribution in [2.45, 2.75) is 39.7 Å². The summed E-state index contributed by atoms with van der Waals surface area (Å²) in [5.74, 6) is -0.170. The number of carbonyl (C=O) groups is 1. The Morgan fingerprint density at radius 2 is 1.96 bits per heavy atom. The number of aryl methyl sites for hydroxylation is 1. The first kappa shape index (κ1) is 18.3. The van der Waals surface area contributed by atoms with Crippen molar-refractivity contribution >= 4 is 5.91 Å². The SMILES string of the molecule is Cc1nn(-c2ccccn2)c2c1C(NC(=O)c1ccccc1F)CC(C)(C)C2. The molecule has 1 N–H and O–H groups in total. The highest BCUT2D eigenvalue weighted by Crippen LogP contribution is 2.42. The number of benzene rings is 1. The first-order valence-corrected chi connectivity index (χ1v) is 9.41. The molecule has 0 aliphatic heterocycles. The van der Waals surface area contributed by atoms with Crippen molar-refractivity contribution in [3.8, 4) is 5.82 Å². The average Bonchev–Trinajstić information content (AvgIpc) is 2.98. The van der Waals surface area contributed by atoms with E-state index in [1.54, 1.807) is 18.3 Å². The zero-order chi connectivity index (χ0) is 19.9. The zero-order valence-corrected chi connectivity index (χ0v) is 16.2. The van der Waals surface area contributed by atoms with Crippen molar-refractivity contribution in [1.82, 2.24) is 20.1 Å². The standard InChI is InChI=1S/C22H23FN4O/c1-14-20-17(25-21(28)15-8-4-5-9-16(15)23)12-22(2,3)13-18(20)27(26-14)19-10-6-7-11-24-19/h4-11,17H,12-13H2,1-3H3,(H,25,28). The fourth-order valence-electron chi connectivity index (χ4n) is 4.06. The summed E-state index contributed by atoms with van der Waals surface area (Å²) in [4.78, 5) is 17.2. The number of nitrogens with zero attached hydrogens (tertiary/aromatic N) is 3. The molecule has 0 spiro atoms. The third kappa shape index (κ3) is 3.30. The Morgan fingerprint density at radius 3 is 2.68 bits per heavy atom. The molecule has 0 saturated carbocycles. The summed E-state index contributed by atoms with van der Waals surface area (Å²) in [5, 5.41) is 7.75. The summed E-state index contributed by atoms with van der Waals surface area (Å²) in [6.45, 7) is 6.28. The van der Waals surface area contributed by atoms with Crippen LogP contribution in [0.1, 0.15) is 53.6 Å². The summed E-state index contributed by atoms with van der Waals surface area (Å²) in [7, 11) is 0. The van der Waals surface area contributed by atoms with Crippen LogP contribution in [0.25, 0.3) is 5.82 Å². The van der Waals surface area contributed by atoms with Gasteiger partial charge in [-0.25, -0.2) is 14.1 Å². The Hall–Kier alpha value is -3.02. The minimum Gasteiger partial charge on any atom is -0.345 e. The van der Waals surface area contributed by atoms with Gasteiger partial charge in [-0.05, 0) is 49.4 Å². The first-order valence-electron chi connectivity index (χ1n) is 9.41. The van der Waals surface area contributed by atoms with Gasteiger partial charge in [0.1, 0.15) is 5.82 Å². The largest absolute Gasteiger partial charge is 0.345 e. The first-order chi connectivity index (χ1) is 13.4. The molecule has 1 aliphatic carbocycles. The van der Waals surface area contributed by atoms with Crippen LogP contribution in [0.4, 0.5) is 4.39 Å². The van der Waals surface area contributed by atoms with Gasteiger partial charge in [0.25, 0.3) is 5.91 Å². The average molecular weight is 378 g/mol. The van der Waals surface area contributed by atoms with Crippen molar-refractivity contribution in [1.29, 1.82) is 0 Å². The van der Waals surface area contributed by atoms with Gasteiger partial charge in [0, 0.05) is 11.8 Å². The van der Waals surface area contributed by atoms with Crippen LogP contribution in [0.3, 0.4) is 0 Å². The van der Waals surface area contributed by atoms with Gasteiger partial charge in [-0.3, -0.25) is 4.79 Å². The molecule has 28 heavy (non-hydrogen) atoms. The fourth-order valence-corrected chi connectivity index (χ4v) is 4.06. The van der Waals surface area contributed by atoms with Gasteiger partial charge < -0.3 is 5.32 Å². The molecule has 2 heterocycles. The molecule has 2 aromatic heterocycles. The molecule has 1 amide bonds. The van der Waals surface area contributed by atoms with E-state index in [-0.39, 0.29) is 17.0 Å². The highest BCUT2D eigenvalue weighted by molar-refractivity contribution is 5.94. The minimum atomic E-state index is -0.517. The molecule has 0 fully saturated rings. The smallest absolute Gasteiger partial charge is 0.254 e. The van der Waals surface area contributed by atoms with E-state index in [2.05, 4.69) is 24.1 Å². The number of aromatic nitrogens is 3. The van der Waals surface area contributed by atoms with E-state index in [1.165, 1.54) is 12.1 Å². The molecule has 5 nitrogen and oxygen atoms in total. The van der Waals surface area contributed by atoms with Gasteiger partial charge in [-0.2, -0.15) is 5.10 Å². The second-order valence-corrected chi connectivity index (χ2v) is 8.10. The highest BCUT2D eigenvalue weighted by Gasteiger charge is 2.38. The van der Waals surface area contributed by atoms with Crippen LogP contribution in [0.5, 0.6) is 0 Å². The molecule has 0 radical (unpaired) electrons. The Kier molecular flexibility index (Phi) is 4.49. The molecule has 1 unspecified atom stereocenters. The molecule has 1 aromatic carbocycles. The summed E-state index contributed by atoms with van der Waals surface area (Å²) in [5.41, 5.74) is 2.93. The Morgan fingerprint density at radius 1 is 1.21 bits per heavy atom. The molecule has 144 valence electrons. The zero-order valence-electron chi connectivity index (χ0n) is 16.2. The van der Waals surface area contributed by atoms with E-state index in [4.69, 9.17) is 5.10 Å². The number of rotatable bonds is 3. The topological polar surface area (TPSA) is 59.8 Å². The highest BCUT2D eigenvalue weighted by atomic mass is 19.1. The number of carbonyl (C=O) groups excluding carboxylic acids is 1. The van der Waals surface area contributed by atoms with Gasteiger partial charge in [-0.15, -0.1) is 0 Å². The third-order valence-electron chi connectivity index (χ3n) is 5.25. The number of fused-ring (bicyclic) bond motifs is 1. The van der Waals surface area contributed by atoms with Gasteiger partial charge >= 0.3 is 0 Å². The summed E-state index contributed by atoms with van der Waals surface area (Å²) >= 11 is 0. The number of amides is 1. The monoisotopic (exact) mass is 378 g/mol. The summed E-state index contributed by atoms with van der Waals surface area (Å²) in [6, 6.07) is 11.5. The molecule has 6 heteroatoms. The van der Waals surface area contributed by atoms with Crippen molar-refractivity contribution < 1.29 is 9.18 Å². The van der Waals surface area contributed by atoms with Crippen LogP contribution >= 0.6 is 0 Å². The van der Waals surface area contributed by atoms with Crippen LogP contribution in [0.15, 0.2) is 48.7 Å². The van der Waals surface area contributed by atoms with Crippen molar-refractivity contribution in [3.63, 3.8) is 0 Å². The van der Waals surface area contributed by atoms with Crippen LogP contribution in [0.2, 0.25) is 0 Å². The Bertz CT molecular complexity index is 1030. The van der Waals surface area contributed by atoms with E-state index in [9.17, 15) is 9.18 Å². The maximum absolute atomic E-state index is 14.1. The molecular weight excluding hydrogens is 355 g/mol. The van der Waals surface area contributed by atoms with Crippen LogP contribution in [0, 0.1) is 18.2 Å². The van der Waals surface area contributed by atoms with E-state index < -0.39 is 11.7 Å². The normalized spacial score (nSPS) is 17.8. The lowest BCUT2D eigenvalue weighted by Gasteiger charge is -2.36. The van der Waals surface area contributed by atoms with Crippen LogP contribution < -0.4 is 5.32 Å². The molecule has 1 atom stereocenters. The number of halogens is 1. The number of nitrogens with one attached hydrogen (secondary N) is 1. The number of hydrogen-bond acceptors (Lipinski definition) is 3. The molecule has 1 aliphatic rings. The third-order valence-corrected chi connectivity index (χ3v) is 5.25. The van der Waals surface area contributed by atoms with Crippen molar-refractivity contribution in [2.75, 3.05) is 0 Å². The van der Waals surface area contributed by atoms with E-state index in [1.807, 2.05) is 29.8 Å². The van der Waals surface area contributed by atoms with E-state index >= 15 is 0 Å². The summed E-state index contributed by atoms with van der Waals surface area (Å²) < 4.78 is 15.9. The summed E-state index contributed by atoms with van der Waals surface area (Å²) in [6.07, 6.45) is 3.32. The van der Waals surface area contributed by atoms with Gasteiger partial charge in [0.2, 0.25) is 0 Å². The molecule has 4 rings (SSSR count). The van der Waals surface area contributed by atoms with Gasteiger partial charge in [0.05, 0.1) is 23.0 Å². The Labute approximate surface area is 163 Å². The molecular formula is C22H23FN4O. The molecule has 3 aromatic rings.